The third-order valence-corrected chi connectivity index (χ3v) is 5.70. The van der Waals surface area contributed by atoms with Crippen molar-refractivity contribution in [3.05, 3.63) is 24.3 Å². The van der Waals surface area contributed by atoms with Crippen molar-refractivity contribution in [3.8, 4) is 11.4 Å². The van der Waals surface area contributed by atoms with Gasteiger partial charge in [0.25, 0.3) is 0 Å². The van der Waals surface area contributed by atoms with Crippen LogP contribution < -0.4 is 4.74 Å². The van der Waals surface area contributed by atoms with Gasteiger partial charge in [-0.05, 0) is 22.6 Å². The van der Waals surface area contributed by atoms with Crippen LogP contribution in [0.4, 0.5) is 0 Å². The van der Waals surface area contributed by atoms with E-state index in [2.05, 4.69) is 15.5 Å². The van der Waals surface area contributed by atoms with E-state index in [0.29, 0.717) is 22.3 Å². The van der Waals surface area contributed by atoms with Crippen LogP contribution in [0.3, 0.4) is 0 Å². The van der Waals surface area contributed by atoms with Gasteiger partial charge < -0.3 is 4.74 Å². The smallest absolute Gasteiger partial charge is 0.214 e. The van der Waals surface area contributed by atoms with Crippen molar-refractivity contribution >= 4 is 21.6 Å². The zero-order valence-corrected chi connectivity index (χ0v) is 13.4. The molecule has 1 aromatic heterocycles. The van der Waals surface area contributed by atoms with Crippen molar-refractivity contribution < 1.29 is 13.2 Å². The summed E-state index contributed by atoms with van der Waals surface area (Å²) < 4.78 is 29.8. The summed E-state index contributed by atoms with van der Waals surface area (Å²) in [5.41, 5.74) is 0.714. The average molecular weight is 328 g/mol. The van der Waals surface area contributed by atoms with Crippen LogP contribution in [0.15, 0.2) is 29.4 Å². The lowest BCUT2D eigenvalue weighted by atomic mass is 10.3. The number of sulfone groups is 1. The fourth-order valence-corrected chi connectivity index (χ4v) is 3.80. The van der Waals surface area contributed by atoms with Crippen molar-refractivity contribution in [2.45, 2.75) is 12.1 Å². The fourth-order valence-electron chi connectivity index (χ4n) is 1.63. The molecule has 0 atom stereocenters. The van der Waals surface area contributed by atoms with Crippen molar-refractivity contribution in [1.82, 2.24) is 20.2 Å². The van der Waals surface area contributed by atoms with E-state index >= 15 is 0 Å². The highest BCUT2D eigenvalue weighted by Gasteiger charge is 2.14. The molecule has 0 unspecified atom stereocenters. The number of rotatable bonds is 7. The van der Waals surface area contributed by atoms with E-state index in [1.807, 2.05) is 24.3 Å². The maximum Gasteiger partial charge on any atom is 0.214 e. The predicted octanol–water partition coefficient (Wildman–Crippen LogP) is 1.20. The zero-order chi connectivity index (χ0) is 15.3. The van der Waals surface area contributed by atoms with E-state index in [-0.39, 0.29) is 11.5 Å². The number of tetrazole rings is 1. The van der Waals surface area contributed by atoms with Crippen LogP contribution in [0.25, 0.3) is 5.69 Å². The molecule has 0 radical (unpaired) electrons. The molecule has 0 aliphatic heterocycles. The van der Waals surface area contributed by atoms with Crippen LogP contribution in [0, 0.1) is 0 Å². The summed E-state index contributed by atoms with van der Waals surface area (Å²) in [5, 5.41) is 12.0. The van der Waals surface area contributed by atoms with Gasteiger partial charge in [-0.15, -0.1) is 5.10 Å². The van der Waals surface area contributed by atoms with E-state index in [0.717, 1.165) is 0 Å². The Morgan fingerprint density at radius 3 is 2.81 bits per heavy atom. The minimum absolute atomic E-state index is 0.104. The van der Waals surface area contributed by atoms with Gasteiger partial charge in [0.05, 0.1) is 12.9 Å². The Hall–Kier alpha value is -1.61. The van der Waals surface area contributed by atoms with E-state index in [4.69, 9.17) is 4.74 Å². The highest BCUT2D eigenvalue weighted by atomic mass is 32.2. The molecule has 9 heteroatoms. The summed E-state index contributed by atoms with van der Waals surface area (Å²) in [5.74, 6) is 1.30. The highest BCUT2D eigenvalue weighted by molar-refractivity contribution is 8.00. The van der Waals surface area contributed by atoms with E-state index in [1.165, 1.54) is 11.8 Å². The number of methoxy groups -OCH3 is 1. The molecule has 2 rings (SSSR count). The molecule has 114 valence electrons. The molecule has 0 saturated carbocycles. The van der Waals surface area contributed by atoms with Gasteiger partial charge in [-0.3, -0.25) is 0 Å². The second-order valence-corrected chi connectivity index (χ2v) is 7.66. The lowest BCUT2D eigenvalue weighted by Crippen LogP contribution is -2.11. The lowest BCUT2D eigenvalue weighted by Gasteiger charge is -2.08. The Kier molecular flexibility index (Phi) is 5.18. The number of hydrogen-bond donors (Lipinski definition) is 0. The second-order valence-electron chi connectivity index (χ2n) is 4.13. The molecule has 0 aliphatic carbocycles. The molecule has 0 spiro atoms. The van der Waals surface area contributed by atoms with Gasteiger partial charge in [-0.2, -0.15) is 4.68 Å². The van der Waals surface area contributed by atoms with Crippen LogP contribution in [-0.2, 0) is 9.84 Å². The minimum Gasteiger partial charge on any atom is -0.494 e. The first kappa shape index (κ1) is 15.8. The third-order valence-electron chi connectivity index (χ3n) is 2.82. The van der Waals surface area contributed by atoms with Crippen LogP contribution in [0.1, 0.15) is 6.92 Å². The number of para-hydroxylation sites is 2. The number of ether oxygens (including phenoxy) is 1. The van der Waals surface area contributed by atoms with E-state index in [9.17, 15) is 8.42 Å². The van der Waals surface area contributed by atoms with Gasteiger partial charge in [0, 0.05) is 11.5 Å². The molecule has 1 aromatic carbocycles. The summed E-state index contributed by atoms with van der Waals surface area (Å²) in [6.45, 7) is 1.64. The molecule has 7 nitrogen and oxygen atoms in total. The first-order chi connectivity index (χ1) is 10.1. The molecule has 0 bridgehead atoms. The number of aromatic nitrogens is 4. The van der Waals surface area contributed by atoms with Crippen molar-refractivity contribution in [3.63, 3.8) is 0 Å². The number of benzene rings is 1. The molecule has 2 aromatic rings. The largest absolute Gasteiger partial charge is 0.494 e. The SMILES string of the molecule is CCS(=O)(=O)CCSc1nnnn1-c1ccccc1OC. The monoisotopic (exact) mass is 328 g/mol. The van der Waals surface area contributed by atoms with Gasteiger partial charge in [-0.25, -0.2) is 8.42 Å². The van der Waals surface area contributed by atoms with Crippen LogP contribution >= 0.6 is 11.8 Å². The lowest BCUT2D eigenvalue weighted by molar-refractivity contribution is 0.410. The zero-order valence-electron chi connectivity index (χ0n) is 11.8. The Morgan fingerprint density at radius 1 is 1.33 bits per heavy atom. The minimum atomic E-state index is -2.99. The van der Waals surface area contributed by atoms with Crippen LogP contribution in [0.5, 0.6) is 5.75 Å². The summed E-state index contributed by atoms with van der Waals surface area (Å²) >= 11 is 1.30. The quantitative estimate of drug-likeness (QED) is 0.706. The van der Waals surface area contributed by atoms with Crippen molar-refractivity contribution in [2.75, 3.05) is 24.4 Å². The maximum absolute atomic E-state index is 11.5. The first-order valence-corrected chi connectivity index (χ1v) is 9.13. The number of thioether (sulfide) groups is 1. The molecular weight excluding hydrogens is 312 g/mol. The normalized spacial score (nSPS) is 11.5. The maximum atomic E-state index is 11.5. The molecular formula is C12H16N4O3S2. The predicted molar refractivity (Wildman–Crippen MR) is 80.8 cm³/mol. The van der Waals surface area contributed by atoms with E-state index < -0.39 is 9.84 Å². The van der Waals surface area contributed by atoms with Gasteiger partial charge in [0.15, 0.2) is 9.84 Å². The van der Waals surface area contributed by atoms with Crippen LogP contribution in [-0.4, -0.2) is 53.0 Å². The molecule has 0 N–H and O–H groups in total. The standard InChI is InChI=1S/C12H16N4O3S2/c1-3-21(17,18)9-8-20-12-13-14-15-16(12)10-6-4-5-7-11(10)19-2/h4-7H,3,8-9H2,1-2H3. The van der Waals surface area contributed by atoms with Gasteiger partial charge in [-0.1, -0.05) is 30.8 Å². The fraction of sp³-hybridized carbons (Fsp3) is 0.417. The molecule has 0 aliphatic rings. The van der Waals surface area contributed by atoms with Gasteiger partial charge >= 0.3 is 0 Å². The third kappa shape index (κ3) is 3.94. The first-order valence-electron chi connectivity index (χ1n) is 6.32. The summed E-state index contributed by atoms with van der Waals surface area (Å²) in [6.07, 6.45) is 0. The Morgan fingerprint density at radius 2 is 2.10 bits per heavy atom. The summed E-state index contributed by atoms with van der Waals surface area (Å²) in [7, 11) is -1.41. The summed E-state index contributed by atoms with van der Waals surface area (Å²) in [6, 6.07) is 7.36. The Bertz CT molecular complexity index is 700. The van der Waals surface area contributed by atoms with Crippen LogP contribution in [0.2, 0.25) is 0 Å². The molecule has 0 saturated heterocycles. The molecule has 0 fully saturated rings. The van der Waals surface area contributed by atoms with Gasteiger partial charge in [0.2, 0.25) is 5.16 Å². The molecule has 0 amide bonds. The number of nitrogens with zero attached hydrogens (tertiary/aromatic N) is 4. The van der Waals surface area contributed by atoms with E-state index in [1.54, 1.807) is 18.7 Å². The second kappa shape index (κ2) is 6.90. The van der Waals surface area contributed by atoms with Crippen molar-refractivity contribution in [2.24, 2.45) is 0 Å². The van der Waals surface area contributed by atoms with Gasteiger partial charge in [0.1, 0.15) is 11.4 Å². The highest BCUT2D eigenvalue weighted by Crippen LogP contribution is 2.25. The van der Waals surface area contributed by atoms with Crippen molar-refractivity contribution in [1.29, 1.82) is 0 Å². The Balaban J connectivity index is 2.16. The molecule has 21 heavy (non-hydrogen) atoms. The summed E-state index contributed by atoms with van der Waals surface area (Å²) in [4.78, 5) is 0. The molecule has 1 heterocycles. The average Bonchev–Trinajstić information content (AvgIpc) is 2.95. The number of hydrogen-bond acceptors (Lipinski definition) is 7. The topological polar surface area (TPSA) is 87.0 Å². The Labute approximate surface area is 127 Å².